The van der Waals surface area contributed by atoms with Gasteiger partial charge in [-0.15, -0.1) is 11.6 Å². The first-order chi connectivity index (χ1) is 5.36. The molecule has 0 aromatic carbocycles. The van der Waals surface area contributed by atoms with Crippen molar-refractivity contribution in [2.45, 2.75) is 38.7 Å². The van der Waals surface area contributed by atoms with Crippen molar-refractivity contribution in [3.8, 4) is 0 Å². The smallest absolute Gasteiger partial charge is 0.336 e. The minimum Gasteiger partial charge on any atom is -0.452 e. The lowest BCUT2D eigenvalue weighted by Crippen LogP contribution is -2.21. The quantitative estimate of drug-likeness (QED) is 0.466. The van der Waals surface area contributed by atoms with Crippen molar-refractivity contribution >= 4 is 17.6 Å². The molecule has 0 aromatic heterocycles. The second kappa shape index (κ2) is 2.77. The molecule has 0 saturated heterocycles. The van der Waals surface area contributed by atoms with E-state index in [-0.39, 0.29) is 11.3 Å². The first-order valence-corrected chi connectivity index (χ1v) is 4.38. The molecule has 0 N–H and O–H groups in total. The lowest BCUT2D eigenvalue weighted by Gasteiger charge is -2.18. The van der Waals surface area contributed by atoms with Crippen LogP contribution in [0.3, 0.4) is 0 Å². The molecule has 1 rings (SSSR count). The summed E-state index contributed by atoms with van der Waals surface area (Å²) >= 11 is 5.84. The summed E-state index contributed by atoms with van der Waals surface area (Å²) in [4.78, 5) is 11.3. The fourth-order valence-electron chi connectivity index (χ4n) is 1.30. The Morgan fingerprint density at radius 1 is 1.50 bits per heavy atom. The van der Waals surface area contributed by atoms with Crippen LogP contribution in [0.1, 0.15) is 27.7 Å². The van der Waals surface area contributed by atoms with E-state index in [1.54, 1.807) is 6.92 Å². The lowest BCUT2D eigenvalue weighted by atomic mass is 9.96. The van der Waals surface area contributed by atoms with Crippen LogP contribution in [0.2, 0.25) is 0 Å². The third kappa shape index (κ3) is 1.36. The highest BCUT2D eigenvalue weighted by atomic mass is 35.5. The van der Waals surface area contributed by atoms with Crippen LogP contribution >= 0.6 is 11.6 Å². The lowest BCUT2D eigenvalue weighted by molar-refractivity contribution is -0.144. The van der Waals surface area contributed by atoms with Crippen molar-refractivity contribution in [3.05, 3.63) is 11.1 Å². The second-order valence-corrected chi connectivity index (χ2v) is 4.21. The Kier molecular flexibility index (Phi) is 2.21. The van der Waals surface area contributed by atoms with E-state index < -0.39 is 5.60 Å². The fourth-order valence-corrected chi connectivity index (χ4v) is 1.55. The maximum atomic E-state index is 11.3. The van der Waals surface area contributed by atoms with E-state index >= 15 is 0 Å². The topological polar surface area (TPSA) is 26.3 Å². The molecule has 0 aromatic rings. The monoisotopic (exact) mass is 188 g/mol. The Bertz CT molecular complexity index is 251. The first-order valence-electron chi connectivity index (χ1n) is 3.95. The van der Waals surface area contributed by atoms with Gasteiger partial charge in [-0.05, 0) is 33.3 Å². The van der Waals surface area contributed by atoms with E-state index in [2.05, 4.69) is 0 Å². The van der Waals surface area contributed by atoms with E-state index in [4.69, 9.17) is 16.3 Å². The molecule has 12 heavy (non-hydrogen) atoms. The maximum absolute atomic E-state index is 11.3. The minimum atomic E-state index is -0.477. The minimum absolute atomic E-state index is 0.265. The molecule has 1 unspecified atom stereocenters. The zero-order chi connectivity index (χ0) is 9.52. The molecule has 1 aliphatic heterocycles. The van der Waals surface area contributed by atoms with Gasteiger partial charge in [0.2, 0.25) is 0 Å². The number of halogens is 1. The van der Waals surface area contributed by atoms with Crippen molar-refractivity contribution < 1.29 is 9.53 Å². The fraction of sp³-hybridized carbons (Fsp3) is 0.667. The number of rotatable bonds is 1. The molecular weight excluding hydrogens is 176 g/mol. The molecule has 0 spiro atoms. The third-order valence-electron chi connectivity index (χ3n) is 2.27. The number of cyclic esters (lactones) is 1. The SMILES string of the molecule is CC1=C(C(C)Cl)C(=O)OC1(C)C. The standard InChI is InChI=1S/C9H13ClO2/c1-5-7(6(2)10)8(11)12-9(5,3)4/h6H,1-4H3. The average Bonchev–Trinajstić information content (AvgIpc) is 2.02. The molecule has 0 amide bonds. The van der Waals surface area contributed by atoms with Gasteiger partial charge in [0, 0.05) is 0 Å². The van der Waals surface area contributed by atoms with Crippen molar-refractivity contribution in [3.63, 3.8) is 0 Å². The summed E-state index contributed by atoms with van der Waals surface area (Å²) in [6.07, 6.45) is 0. The van der Waals surface area contributed by atoms with Crippen LogP contribution in [0, 0.1) is 0 Å². The van der Waals surface area contributed by atoms with Gasteiger partial charge in [0.15, 0.2) is 0 Å². The number of hydrogen-bond acceptors (Lipinski definition) is 2. The summed E-state index contributed by atoms with van der Waals surface area (Å²) in [5.41, 5.74) is 1.08. The summed E-state index contributed by atoms with van der Waals surface area (Å²) in [6.45, 7) is 7.40. The van der Waals surface area contributed by atoms with Gasteiger partial charge >= 0.3 is 5.97 Å². The molecule has 1 atom stereocenters. The van der Waals surface area contributed by atoms with E-state index in [0.717, 1.165) is 5.57 Å². The Labute approximate surface area is 77.5 Å². The van der Waals surface area contributed by atoms with Crippen molar-refractivity contribution in [1.29, 1.82) is 0 Å². The molecular formula is C9H13ClO2. The number of esters is 1. The van der Waals surface area contributed by atoms with Gasteiger partial charge in [-0.2, -0.15) is 0 Å². The molecule has 1 heterocycles. The summed E-state index contributed by atoms with van der Waals surface area (Å²) in [6, 6.07) is 0. The largest absolute Gasteiger partial charge is 0.452 e. The number of ether oxygens (including phenoxy) is 1. The zero-order valence-electron chi connectivity index (χ0n) is 7.77. The molecule has 68 valence electrons. The molecule has 0 saturated carbocycles. The van der Waals surface area contributed by atoms with Gasteiger partial charge in [0.05, 0.1) is 11.0 Å². The molecule has 0 bridgehead atoms. The van der Waals surface area contributed by atoms with Gasteiger partial charge in [-0.25, -0.2) is 4.79 Å². The zero-order valence-corrected chi connectivity index (χ0v) is 8.53. The number of carbonyl (C=O) groups excluding carboxylic acids is 1. The van der Waals surface area contributed by atoms with Gasteiger partial charge < -0.3 is 4.74 Å². The number of carbonyl (C=O) groups is 1. The highest BCUT2D eigenvalue weighted by Crippen LogP contribution is 2.34. The summed E-state index contributed by atoms with van der Waals surface area (Å²) < 4.78 is 5.14. The van der Waals surface area contributed by atoms with Crippen molar-refractivity contribution in [2.75, 3.05) is 0 Å². The molecule has 0 aliphatic carbocycles. The normalized spacial score (nSPS) is 24.2. The van der Waals surface area contributed by atoms with E-state index in [0.29, 0.717) is 5.57 Å². The van der Waals surface area contributed by atoms with Gasteiger partial charge in [-0.3, -0.25) is 0 Å². The van der Waals surface area contributed by atoms with Crippen LogP contribution in [0.25, 0.3) is 0 Å². The van der Waals surface area contributed by atoms with Crippen molar-refractivity contribution in [1.82, 2.24) is 0 Å². The number of alkyl halides is 1. The molecule has 0 radical (unpaired) electrons. The second-order valence-electron chi connectivity index (χ2n) is 3.55. The van der Waals surface area contributed by atoms with Gasteiger partial charge in [0.25, 0.3) is 0 Å². The highest BCUT2D eigenvalue weighted by molar-refractivity contribution is 6.25. The summed E-state index contributed by atoms with van der Waals surface area (Å²) in [5, 5.41) is -0.265. The molecule has 1 aliphatic rings. The Hall–Kier alpha value is -0.500. The van der Waals surface area contributed by atoms with Crippen LogP contribution in [-0.4, -0.2) is 16.9 Å². The first kappa shape index (κ1) is 9.59. The molecule has 0 fully saturated rings. The Morgan fingerprint density at radius 2 is 2.00 bits per heavy atom. The molecule has 2 nitrogen and oxygen atoms in total. The van der Waals surface area contributed by atoms with Gasteiger partial charge in [-0.1, -0.05) is 0 Å². The van der Waals surface area contributed by atoms with E-state index in [9.17, 15) is 4.79 Å². The van der Waals surface area contributed by atoms with Gasteiger partial charge in [0.1, 0.15) is 5.60 Å². The van der Waals surface area contributed by atoms with Crippen LogP contribution in [0.5, 0.6) is 0 Å². The van der Waals surface area contributed by atoms with Crippen LogP contribution in [0.4, 0.5) is 0 Å². The summed E-state index contributed by atoms with van der Waals surface area (Å²) in [7, 11) is 0. The maximum Gasteiger partial charge on any atom is 0.336 e. The third-order valence-corrected chi connectivity index (χ3v) is 2.49. The van der Waals surface area contributed by atoms with E-state index in [1.165, 1.54) is 0 Å². The van der Waals surface area contributed by atoms with Crippen LogP contribution < -0.4 is 0 Å². The predicted octanol–water partition coefficient (Wildman–Crippen LogP) is 2.27. The van der Waals surface area contributed by atoms with Crippen molar-refractivity contribution in [2.24, 2.45) is 0 Å². The number of hydrogen-bond donors (Lipinski definition) is 0. The average molecular weight is 189 g/mol. The Balaban J connectivity index is 3.11. The predicted molar refractivity (Wildman–Crippen MR) is 48.2 cm³/mol. The van der Waals surface area contributed by atoms with E-state index in [1.807, 2.05) is 20.8 Å². The van der Waals surface area contributed by atoms with Crippen LogP contribution in [0.15, 0.2) is 11.1 Å². The molecule has 3 heteroatoms. The summed E-state index contributed by atoms with van der Waals surface area (Å²) in [5.74, 6) is -0.278. The van der Waals surface area contributed by atoms with Crippen LogP contribution in [-0.2, 0) is 9.53 Å². The highest BCUT2D eigenvalue weighted by Gasteiger charge is 2.38. The Morgan fingerprint density at radius 3 is 2.17 bits per heavy atom.